The molecule has 3 nitrogen and oxygen atoms in total. The van der Waals surface area contributed by atoms with Gasteiger partial charge < -0.3 is 5.32 Å². The van der Waals surface area contributed by atoms with Crippen molar-refractivity contribution >= 4 is 12.0 Å². The van der Waals surface area contributed by atoms with Gasteiger partial charge in [-0.1, -0.05) is 57.9 Å². The molecule has 1 amide bonds. The number of nitriles is 1. The standard InChI is InChI=1S/C20H26N2O/c1-14(2)17-10-8-16(9-11-17)12-18(13-21)20(23)22-19-7-5-4-6-15(19)3/h8-12,14-15,19H,4-7H2,1-3H3,(H,22,23)/b18-12+/t15-,19+/m0/s1. The summed E-state index contributed by atoms with van der Waals surface area (Å²) in [6.45, 7) is 6.46. The number of nitrogens with zero attached hydrogens (tertiary/aromatic N) is 1. The van der Waals surface area contributed by atoms with Gasteiger partial charge in [-0.05, 0) is 41.9 Å². The highest BCUT2D eigenvalue weighted by Crippen LogP contribution is 2.24. The van der Waals surface area contributed by atoms with E-state index in [4.69, 9.17) is 0 Å². The molecule has 1 fully saturated rings. The second kappa shape index (κ2) is 7.97. The zero-order valence-electron chi connectivity index (χ0n) is 14.3. The summed E-state index contributed by atoms with van der Waals surface area (Å²) in [5.74, 6) is 0.705. The third-order valence-electron chi connectivity index (χ3n) is 4.71. The lowest BCUT2D eigenvalue weighted by Gasteiger charge is -2.29. The Morgan fingerprint density at radius 3 is 2.48 bits per heavy atom. The van der Waals surface area contributed by atoms with Crippen LogP contribution in [-0.2, 0) is 4.79 Å². The molecule has 0 bridgehead atoms. The molecule has 0 spiro atoms. The lowest BCUT2D eigenvalue weighted by Crippen LogP contribution is -2.41. The van der Waals surface area contributed by atoms with Crippen molar-refractivity contribution in [1.82, 2.24) is 5.32 Å². The number of hydrogen-bond donors (Lipinski definition) is 1. The van der Waals surface area contributed by atoms with Gasteiger partial charge >= 0.3 is 0 Å². The van der Waals surface area contributed by atoms with E-state index >= 15 is 0 Å². The average molecular weight is 310 g/mol. The van der Waals surface area contributed by atoms with Crippen LogP contribution in [0.4, 0.5) is 0 Å². The van der Waals surface area contributed by atoms with Crippen LogP contribution < -0.4 is 5.32 Å². The topological polar surface area (TPSA) is 52.9 Å². The Labute approximate surface area is 139 Å². The Kier molecular flexibility index (Phi) is 5.98. The van der Waals surface area contributed by atoms with Crippen LogP contribution in [0.2, 0.25) is 0 Å². The summed E-state index contributed by atoms with van der Waals surface area (Å²) >= 11 is 0. The maximum atomic E-state index is 12.4. The van der Waals surface area contributed by atoms with Crippen LogP contribution in [0.3, 0.4) is 0 Å². The number of amides is 1. The molecule has 0 aromatic heterocycles. The predicted octanol–water partition coefficient (Wildman–Crippen LogP) is 4.41. The van der Waals surface area contributed by atoms with Gasteiger partial charge in [0.15, 0.2) is 0 Å². The predicted molar refractivity (Wildman–Crippen MR) is 93.7 cm³/mol. The number of carbonyl (C=O) groups excluding carboxylic acids is 1. The summed E-state index contributed by atoms with van der Waals surface area (Å²) in [6.07, 6.45) is 6.21. The van der Waals surface area contributed by atoms with E-state index in [1.54, 1.807) is 6.08 Å². The van der Waals surface area contributed by atoms with Crippen molar-refractivity contribution in [3.8, 4) is 6.07 Å². The van der Waals surface area contributed by atoms with Crippen LogP contribution in [0.15, 0.2) is 29.8 Å². The van der Waals surface area contributed by atoms with E-state index < -0.39 is 0 Å². The van der Waals surface area contributed by atoms with E-state index in [1.165, 1.54) is 12.0 Å². The van der Waals surface area contributed by atoms with Crippen molar-refractivity contribution < 1.29 is 4.79 Å². The molecule has 1 aromatic rings. The molecule has 0 saturated heterocycles. The molecule has 1 N–H and O–H groups in total. The Balaban J connectivity index is 2.08. The van der Waals surface area contributed by atoms with E-state index in [0.29, 0.717) is 11.8 Å². The average Bonchev–Trinajstić information content (AvgIpc) is 2.55. The van der Waals surface area contributed by atoms with Crippen molar-refractivity contribution in [2.24, 2.45) is 5.92 Å². The summed E-state index contributed by atoms with van der Waals surface area (Å²) in [7, 11) is 0. The third-order valence-corrected chi connectivity index (χ3v) is 4.71. The highest BCUT2D eigenvalue weighted by molar-refractivity contribution is 6.01. The first-order valence-corrected chi connectivity index (χ1v) is 8.54. The first-order valence-electron chi connectivity index (χ1n) is 8.54. The molecule has 1 aliphatic rings. The van der Waals surface area contributed by atoms with Gasteiger partial charge in [0.05, 0.1) is 0 Å². The molecule has 2 atom stereocenters. The van der Waals surface area contributed by atoms with Gasteiger partial charge in [0.2, 0.25) is 0 Å². The maximum Gasteiger partial charge on any atom is 0.262 e. The van der Waals surface area contributed by atoms with Crippen LogP contribution in [0.5, 0.6) is 0 Å². The highest BCUT2D eigenvalue weighted by atomic mass is 16.1. The lowest BCUT2D eigenvalue weighted by molar-refractivity contribution is -0.118. The van der Waals surface area contributed by atoms with Gasteiger partial charge in [-0.25, -0.2) is 0 Å². The largest absolute Gasteiger partial charge is 0.348 e. The quantitative estimate of drug-likeness (QED) is 0.661. The zero-order valence-corrected chi connectivity index (χ0v) is 14.3. The van der Waals surface area contributed by atoms with Gasteiger partial charge in [-0.3, -0.25) is 4.79 Å². The van der Waals surface area contributed by atoms with Gasteiger partial charge in [-0.2, -0.15) is 5.26 Å². The van der Waals surface area contributed by atoms with E-state index in [1.807, 2.05) is 30.3 Å². The van der Waals surface area contributed by atoms with Crippen LogP contribution >= 0.6 is 0 Å². The van der Waals surface area contributed by atoms with E-state index in [-0.39, 0.29) is 17.5 Å². The third kappa shape index (κ3) is 4.69. The van der Waals surface area contributed by atoms with E-state index in [0.717, 1.165) is 24.8 Å². The van der Waals surface area contributed by atoms with Crippen molar-refractivity contribution in [3.05, 3.63) is 41.0 Å². The summed E-state index contributed by atoms with van der Waals surface area (Å²) < 4.78 is 0. The van der Waals surface area contributed by atoms with E-state index in [9.17, 15) is 10.1 Å². The molecule has 23 heavy (non-hydrogen) atoms. The summed E-state index contributed by atoms with van der Waals surface area (Å²) in [5.41, 5.74) is 2.32. The van der Waals surface area contributed by atoms with Gasteiger partial charge in [0, 0.05) is 6.04 Å². The summed E-state index contributed by atoms with van der Waals surface area (Å²) in [6, 6.07) is 10.3. The summed E-state index contributed by atoms with van der Waals surface area (Å²) in [5, 5.41) is 12.4. The molecule has 1 aliphatic carbocycles. The minimum Gasteiger partial charge on any atom is -0.348 e. The molecule has 1 saturated carbocycles. The number of carbonyl (C=O) groups is 1. The van der Waals surface area contributed by atoms with E-state index in [2.05, 4.69) is 26.1 Å². The normalized spacial score (nSPS) is 21.8. The smallest absolute Gasteiger partial charge is 0.262 e. The molecule has 2 rings (SSSR count). The number of rotatable bonds is 4. The van der Waals surface area contributed by atoms with Gasteiger partial charge in [0.1, 0.15) is 11.6 Å². The first-order chi connectivity index (χ1) is 11.0. The fraction of sp³-hybridized carbons (Fsp3) is 0.500. The van der Waals surface area contributed by atoms with Crippen molar-refractivity contribution in [1.29, 1.82) is 5.26 Å². The van der Waals surface area contributed by atoms with Crippen LogP contribution in [-0.4, -0.2) is 11.9 Å². The Bertz CT molecular complexity index is 608. The zero-order chi connectivity index (χ0) is 16.8. The highest BCUT2D eigenvalue weighted by Gasteiger charge is 2.23. The minimum atomic E-state index is -0.251. The second-order valence-corrected chi connectivity index (χ2v) is 6.83. The molecule has 122 valence electrons. The van der Waals surface area contributed by atoms with Crippen molar-refractivity contribution in [2.75, 3.05) is 0 Å². The van der Waals surface area contributed by atoms with Crippen molar-refractivity contribution in [3.63, 3.8) is 0 Å². The van der Waals surface area contributed by atoms with Crippen molar-refractivity contribution in [2.45, 2.75) is 58.4 Å². The molecule has 0 aliphatic heterocycles. The minimum absolute atomic E-state index is 0.181. The van der Waals surface area contributed by atoms with Gasteiger partial charge in [0.25, 0.3) is 5.91 Å². The molecule has 0 radical (unpaired) electrons. The number of benzene rings is 1. The molecule has 0 unspecified atom stereocenters. The summed E-state index contributed by atoms with van der Waals surface area (Å²) in [4.78, 5) is 12.4. The Hall–Kier alpha value is -2.08. The lowest BCUT2D eigenvalue weighted by atomic mass is 9.86. The molecule has 1 aromatic carbocycles. The molecule has 3 heteroatoms. The second-order valence-electron chi connectivity index (χ2n) is 6.83. The van der Waals surface area contributed by atoms with Crippen LogP contribution in [0.25, 0.3) is 6.08 Å². The number of hydrogen-bond acceptors (Lipinski definition) is 2. The maximum absolute atomic E-state index is 12.4. The SMILES string of the molecule is CC(C)c1ccc(/C=C(\C#N)C(=O)N[C@@H]2CCCC[C@@H]2C)cc1. The van der Waals surface area contributed by atoms with Crippen LogP contribution in [0, 0.1) is 17.2 Å². The number of nitrogens with one attached hydrogen (secondary N) is 1. The Morgan fingerprint density at radius 1 is 1.26 bits per heavy atom. The molecular formula is C20H26N2O. The van der Waals surface area contributed by atoms with Gasteiger partial charge in [-0.15, -0.1) is 0 Å². The fourth-order valence-corrected chi connectivity index (χ4v) is 3.07. The first kappa shape index (κ1) is 17.3. The Morgan fingerprint density at radius 2 is 1.91 bits per heavy atom. The van der Waals surface area contributed by atoms with Crippen LogP contribution in [0.1, 0.15) is 63.5 Å². The fourth-order valence-electron chi connectivity index (χ4n) is 3.07. The monoisotopic (exact) mass is 310 g/mol. The molecule has 0 heterocycles. The molecular weight excluding hydrogens is 284 g/mol.